The van der Waals surface area contributed by atoms with E-state index in [0.717, 1.165) is 54.7 Å². The fourth-order valence-corrected chi connectivity index (χ4v) is 8.74. The third kappa shape index (κ3) is 2.94. The minimum absolute atomic E-state index is 0.125. The average Bonchev–Trinajstić information content (AvgIpc) is 3.39. The summed E-state index contributed by atoms with van der Waals surface area (Å²) in [5, 5.41) is 15.3. The van der Waals surface area contributed by atoms with Gasteiger partial charge in [0.2, 0.25) is 0 Å². The highest BCUT2D eigenvalue weighted by molar-refractivity contribution is 5.65. The number of aliphatic hydroxyl groups is 1. The van der Waals surface area contributed by atoms with Gasteiger partial charge in [0.25, 0.3) is 0 Å². The quantitative estimate of drug-likeness (QED) is 0.431. The van der Waals surface area contributed by atoms with Gasteiger partial charge in [-0.25, -0.2) is 13.9 Å². The van der Waals surface area contributed by atoms with Gasteiger partial charge < -0.3 is 5.11 Å². The monoisotopic (exact) mass is 471 g/mol. The number of aliphatic hydroxyl groups excluding tert-OH is 1. The maximum absolute atomic E-state index is 13.5. The van der Waals surface area contributed by atoms with E-state index >= 15 is 0 Å². The van der Waals surface area contributed by atoms with Crippen LogP contribution in [0.1, 0.15) is 69.3 Å². The SMILES string of the molecule is Cc1nc2cc(-c3ccc(F)cc3)nn2c2c1[C@@]1(C)CC[C@H]3[C@@H](CC=C4C[C@@H](O)CC[C@@]43C)[C@@H]1C2. The summed E-state index contributed by atoms with van der Waals surface area (Å²) in [6, 6.07) is 8.62. The minimum Gasteiger partial charge on any atom is -0.393 e. The third-order valence-corrected chi connectivity index (χ3v) is 10.5. The van der Waals surface area contributed by atoms with E-state index in [1.807, 2.05) is 6.07 Å². The number of allylic oxidation sites excluding steroid dienone is 1. The molecule has 2 saturated carbocycles. The molecule has 0 saturated heterocycles. The van der Waals surface area contributed by atoms with Gasteiger partial charge in [-0.2, -0.15) is 5.10 Å². The molecule has 0 unspecified atom stereocenters. The van der Waals surface area contributed by atoms with Crippen LogP contribution >= 0.6 is 0 Å². The number of halogens is 1. The van der Waals surface area contributed by atoms with Crippen molar-refractivity contribution in [1.29, 1.82) is 0 Å². The third-order valence-electron chi connectivity index (χ3n) is 10.5. The zero-order valence-corrected chi connectivity index (χ0v) is 20.9. The lowest BCUT2D eigenvalue weighted by Gasteiger charge is -2.57. The lowest BCUT2D eigenvalue weighted by atomic mass is 9.47. The van der Waals surface area contributed by atoms with Gasteiger partial charge in [-0.05, 0) is 105 Å². The summed E-state index contributed by atoms with van der Waals surface area (Å²) in [5.41, 5.74) is 8.42. The molecule has 35 heavy (non-hydrogen) atoms. The minimum atomic E-state index is -0.232. The molecule has 1 N–H and O–H groups in total. The first-order valence-corrected chi connectivity index (χ1v) is 13.3. The van der Waals surface area contributed by atoms with Gasteiger partial charge in [0, 0.05) is 22.9 Å². The van der Waals surface area contributed by atoms with E-state index in [9.17, 15) is 9.50 Å². The normalized spacial score (nSPS) is 35.7. The van der Waals surface area contributed by atoms with Crippen LogP contribution in [0.15, 0.2) is 42.0 Å². The zero-order valence-electron chi connectivity index (χ0n) is 20.9. The van der Waals surface area contributed by atoms with Crippen molar-refractivity contribution in [2.24, 2.45) is 23.2 Å². The molecule has 0 bridgehead atoms. The Balaban J connectivity index is 1.31. The van der Waals surface area contributed by atoms with E-state index in [4.69, 9.17) is 10.1 Å². The zero-order chi connectivity index (χ0) is 24.1. The Kier molecular flexibility index (Phi) is 4.50. The predicted molar refractivity (Wildman–Crippen MR) is 135 cm³/mol. The van der Waals surface area contributed by atoms with E-state index in [-0.39, 0.29) is 22.8 Å². The molecule has 0 amide bonds. The van der Waals surface area contributed by atoms with E-state index < -0.39 is 0 Å². The van der Waals surface area contributed by atoms with Gasteiger partial charge in [-0.15, -0.1) is 0 Å². The lowest BCUT2D eigenvalue weighted by molar-refractivity contribution is -0.0165. The molecule has 5 heteroatoms. The van der Waals surface area contributed by atoms with Crippen LogP contribution in [0.4, 0.5) is 4.39 Å². The number of benzene rings is 1. The predicted octanol–water partition coefficient (Wildman–Crippen LogP) is 6.18. The summed E-state index contributed by atoms with van der Waals surface area (Å²) in [6.07, 6.45) is 9.86. The van der Waals surface area contributed by atoms with Gasteiger partial charge in [-0.3, -0.25) is 0 Å². The second-order valence-corrected chi connectivity index (χ2v) is 12.1. The van der Waals surface area contributed by atoms with Gasteiger partial charge >= 0.3 is 0 Å². The van der Waals surface area contributed by atoms with E-state index in [2.05, 4.69) is 31.4 Å². The summed E-state index contributed by atoms with van der Waals surface area (Å²) < 4.78 is 15.6. The average molecular weight is 472 g/mol. The molecule has 4 aliphatic rings. The summed E-state index contributed by atoms with van der Waals surface area (Å²) >= 11 is 0. The fraction of sp³-hybridized carbons (Fsp3) is 0.533. The molecule has 6 atom stereocenters. The Hall–Kier alpha value is -2.53. The standard InChI is InChI=1S/C30H34FN3O/c1-17-28-26(34-27(32-17)16-25(33-34)18-4-7-20(31)8-5-18)15-24-22-9-6-19-14-21(35)10-12-29(19,2)23(22)11-13-30(24,28)3/h4-8,16,21-24,35H,9-15H2,1-3H3/t21-,22+,23-,24-,29-,30-/m0/s1. The van der Waals surface area contributed by atoms with Crippen molar-refractivity contribution in [1.82, 2.24) is 14.6 Å². The van der Waals surface area contributed by atoms with Crippen LogP contribution in [0, 0.1) is 35.9 Å². The molecule has 3 aromatic rings. The second kappa shape index (κ2) is 7.25. The first-order chi connectivity index (χ1) is 16.8. The summed E-state index contributed by atoms with van der Waals surface area (Å²) in [5.74, 6) is 1.71. The number of aryl methyl sites for hydroxylation is 1. The summed E-state index contributed by atoms with van der Waals surface area (Å²) in [4.78, 5) is 5.03. The van der Waals surface area contributed by atoms with Crippen LogP contribution in [-0.4, -0.2) is 25.8 Å². The fourth-order valence-electron chi connectivity index (χ4n) is 8.74. The number of aromatic nitrogens is 3. The van der Waals surface area contributed by atoms with Crippen LogP contribution < -0.4 is 0 Å². The van der Waals surface area contributed by atoms with Crippen molar-refractivity contribution in [2.75, 3.05) is 0 Å². The van der Waals surface area contributed by atoms with Crippen LogP contribution in [-0.2, 0) is 11.8 Å². The first kappa shape index (κ1) is 21.7. The van der Waals surface area contributed by atoms with Crippen molar-refractivity contribution in [3.8, 4) is 11.3 Å². The molecule has 7 rings (SSSR count). The molecule has 0 aliphatic heterocycles. The first-order valence-electron chi connectivity index (χ1n) is 13.3. The number of hydrogen-bond donors (Lipinski definition) is 1. The highest BCUT2D eigenvalue weighted by Crippen LogP contribution is 2.64. The molecule has 182 valence electrons. The van der Waals surface area contributed by atoms with E-state index in [1.54, 1.807) is 12.1 Å². The Morgan fingerprint density at radius 2 is 1.80 bits per heavy atom. The topological polar surface area (TPSA) is 50.4 Å². The molecular weight excluding hydrogens is 437 g/mol. The number of rotatable bonds is 1. The molecule has 2 fully saturated rings. The summed E-state index contributed by atoms with van der Waals surface area (Å²) in [6.45, 7) is 7.14. The Morgan fingerprint density at radius 1 is 1.03 bits per heavy atom. The maximum atomic E-state index is 13.5. The Labute approximate surface area is 206 Å². The van der Waals surface area contributed by atoms with Gasteiger partial charge in [0.15, 0.2) is 5.65 Å². The number of nitrogens with zero attached hydrogens (tertiary/aromatic N) is 3. The smallest absolute Gasteiger partial charge is 0.156 e. The molecule has 1 aromatic carbocycles. The van der Waals surface area contributed by atoms with Gasteiger partial charge in [0.05, 0.1) is 17.5 Å². The highest BCUT2D eigenvalue weighted by atomic mass is 19.1. The Bertz CT molecular complexity index is 1370. The van der Waals surface area contributed by atoms with Crippen LogP contribution in [0.2, 0.25) is 0 Å². The van der Waals surface area contributed by atoms with Gasteiger partial charge in [0.1, 0.15) is 5.82 Å². The van der Waals surface area contributed by atoms with Crippen LogP contribution in [0.5, 0.6) is 0 Å². The number of fused-ring (bicyclic) bond motifs is 9. The molecular formula is C30H34FN3O. The van der Waals surface area contributed by atoms with Crippen LogP contribution in [0.3, 0.4) is 0 Å². The molecule has 0 radical (unpaired) electrons. The summed E-state index contributed by atoms with van der Waals surface area (Å²) in [7, 11) is 0. The molecule has 4 aliphatic carbocycles. The van der Waals surface area contributed by atoms with Crippen LogP contribution in [0.25, 0.3) is 16.9 Å². The largest absolute Gasteiger partial charge is 0.393 e. The molecule has 4 nitrogen and oxygen atoms in total. The van der Waals surface area contributed by atoms with Crippen molar-refractivity contribution in [2.45, 2.75) is 77.2 Å². The molecule has 2 heterocycles. The van der Waals surface area contributed by atoms with Gasteiger partial charge in [-0.1, -0.05) is 25.5 Å². The second-order valence-electron chi connectivity index (χ2n) is 12.1. The maximum Gasteiger partial charge on any atom is 0.156 e. The van der Waals surface area contributed by atoms with E-state index in [0.29, 0.717) is 17.8 Å². The van der Waals surface area contributed by atoms with Crippen molar-refractivity contribution in [3.05, 3.63) is 64.7 Å². The number of hydrogen-bond acceptors (Lipinski definition) is 3. The van der Waals surface area contributed by atoms with Crippen molar-refractivity contribution in [3.63, 3.8) is 0 Å². The highest BCUT2D eigenvalue weighted by Gasteiger charge is 2.58. The molecule has 2 aromatic heterocycles. The van der Waals surface area contributed by atoms with Crippen molar-refractivity contribution < 1.29 is 9.50 Å². The van der Waals surface area contributed by atoms with Crippen molar-refractivity contribution >= 4 is 5.65 Å². The van der Waals surface area contributed by atoms with E-state index in [1.165, 1.54) is 41.8 Å². The lowest BCUT2D eigenvalue weighted by Crippen LogP contribution is -2.51. The Morgan fingerprint density at radius 3 is 2.60 bits per heavy atom. The molecule has 0 spiro atoms.